The Balaban J connectivity index is 1.79. The molecule has 1 aromatic carbocycles. The van der Waals surface area contributed by atoms with E-state index in [4.69, 9.17) is 0 Å². The van der Waals surface area contributed by atoms with Gasteiger partial charge in [0, 0.05) is 23.7 Å². The molecule has 1 atom stereocenters. The Bertz CT molecular complexity index is 667. The second kappa shape index (κ2) is 6.19. The van der Waals surface area contributed by atoms with Crippen molar-refractivity contribution < 1.29 is 9.59 Å². The van der Waals surface area contributed by atoms with Gasteiger partial charge in [-0.05, 0) is 30.5 Å². The van der Waals surface area contributed by atoms with Crippen molar-refractivity contribution in [2.75, 3.05) is 18.4 Å². The first-order valence-corrected chi connectivity index (χ1v) is 7.98. The fourth-order valence-electron chi connectivity index (χ4n) is 2.45. The summed E-state index contributed by atoms with van der Waals surface area (Å²) in [7, 11) is 0. The summed E-state index contributed by atoms with van der Waals surface area (Å²) in [6.45, 7) is 2.96. The van der Waals surface area contributed by atoms with Crippen molar-refractivity contribution in [1.29, 1.82) is 0 Å². The van der Waals surface area contributed by atoms with Crippen LogP contribution in [0.1, 0.15) is 16.5 Å². The predicted molar refractivity (Wildman–Crippen MR) is 87.0 cm³/mol. The summed E-state index contributed by atoms with van der Waals surface area (Å²) in [6, 6.07) is 10.6. The molecule has 1 aromatic heterocycles. The molecule has 1 saturated heterocycles. The molecule has 2 heterocycles. The van der Waals surface area contributed by atoms with Crippen molar-refractivity contribution in [2.45, 2.75) is 13.0 Å². The number of aryl methyl sites for hydroxylation is 1. The van der Waals surface area contributed by atoms with Crippen molar-refractivity contribution >= 4 is 29.0 Å². The SMILES string of the molecule is Cc1ccc(NC(=O)N2CCNC(=O)[C@@H]2c2cccs2)cc1. The minimum atomic E-state index is -0.556. The van der Waals surface area contributed by atoms with Crippen LogP contribution in [0.25, 0.3) is 0 Å². The zero-order chi connectivity index (χ0) is 15.5. The highest BCUT2D eigenvalue weighted by Crippen LogP contribution is 2.27. The summed E-state index contributed by atoms with van der Waals surface area (Å²) < 4.78 is 0. The van der Waals surface area contributed by atoms with Gasteiger partial charge >= 0.3 is 6.03 Å². The third kappa shape index (κ3) is 2.96. The number of anilines is 1. The summed E-state index contributed by atoms with van der Waals surface area (Å²) >= 11 is 1.48. The smallest absolute Gasteiger partial charge is 0.322 e. The number of thiophene rings is 1. The number of carbonyl (C=O) groups is 2. The Morgan fingerprint density at radius 3 is 2.77 bits per heavy atom. The molecule has 1 aliphatic heterocycles. The highest BCUT2D eigenvalue weighted by atomic mass is 32.1. The van der Waals surface area contributed by atoms with Crippen molar-refractivity contribution in [1.82, 2.24) is 10.2 Å². The molecule has 3 rings (SSSR count). The Morgan fingerprint density at radius 2 is 2.09 bits per heavy atom. The van der Waals surface area contributed by atoms with Gasteiger partial charge in [0.05, 0.1) is 0 Å². The summed E-state index contributed by atoms with van der Waals surface area (Å²) in [5.41, 5.74) is 1.86. The van der Waals surface area contributed by atoms with E-state index in [9.17, 15) is 9.59 Å². The van der Waals surface area contributed by atoms with E-state index in [2.05, 4.69) is 10.6 Å². The van der Waals surface area contributed by atoms with Gasteiger partial charge in [0.1, 0.15) is 6.04 Å². The average Bonchev–Trinajstić information content (AvgIpc) is 3.03. The lowest BCUT2D eigenvalue weighted by Crippen LogP contribution is -2.53. The molecule has 0 radical (unpaired) electrons. The van der Waals surface area contributed by atoms with Crippen molar-refractivity contribution in [3.8, 4) is 0 Å². The quantitative estimate of drug-likeness (QED) is 0.895. The van der Waals surface area contributed by atoms with Crippen LogP contribution in [0.3, 0.4) is 0 Å². The first-order chi connectivity index (χ1) is 10.6. The second-order valence-corrected chi connectivity index (χ2v) is 6.18. The zero-order valence-corrected chi connectivity index (χ0v) is 13.0. The van der Waals surface area contributed by atoms with E-state index in [0.717, 1.165) is 16.1 Å². The normalized spacial score (nSPS) is 18.0. The number of rotatable bonds is 2. The molecule has 0 saturated carbocycles. The van der Waals surface area contributed by atoms with Crippen LogP contribution >= 0.6 is 11.3 Å². The molecular formula is C16H17N3O2S. The van der Waals surface area contributed by atoms with Crippen LogP contribution in [0.5, 0.6) is 0 Å². The monoisotopic (exact) mass is 315 g/mol. The van der Waals surface area contributed by atoms with Crippen LogP contribution in [0.15, 0.2) is 41.8 Å². The molecular weight excluding hydrogens is 298 g/mol. The molecule has 5 nitrogen and oxygen atoms in total. The summed E-state index contributed by atoms with van der Waals surface area (Å²) in [5, 5.41) is 7.60. The maximum Gasteiger partial charge on any atom is 0.322 e. The molecule has 22 heavy (non-hydrogen) atoms. The minimum absolute atomic E-state index is 0.132. The number of hydrogen-bond acceptors (Lipinski definition) is 3. The molecule has 6 heteroatoms. The lowest BCUT2D eigenvalue weighted by atomic mass is 10.1. The van der Waals surface area contributed by atoms with E-state index in [-0.39, 0.29) is 11.9 Å². The minimum Gasteiger partial charge on any atom is -0.352 e. The van der Waals surface area contributed by atoms with Crippen molar-refractivity contribution in [3.05, 3.63) is 52.2 Å². The predicted octanol–water partition coefficient (Wildman–Crippen LogP) is 2.76. The molecule has 2 N–H and O–H groups in total. The van der Waals surface area contributed by atoms with E-state index < -0.39 is 6.04 Å². The lowest BCUT2D eigenvalue weighted by Gasteiger charge is -2.34. The number of nitrogens with zero attached hydrogens (tertiary/aromatic N) is 1. The van der Waals surface area contributed by atoms with Gasteiger partial charge in [-0.15, -0.1) is 11.3 Å². The third-order valence-corrected chi connectivity index (χ3v) is 4.51. The van der Waals surface area contributed by atoms with E-state index in [1.165, 1.54) is 11.3 Å². The Hall–Kier alpha value is -2.34. The molecule has 0 spiro atoms. The first-order valence-electron chi connectivity index (χ1n) is 7.10. The summed E-state index contributed by atoms with van der Waals surface area (Å²) in [4.78, 5) is 27.2. The highest BCUT2D eigenvalue weighted by Gasteiger charge is 2.35. The topological polar surface area (TPSA) is 61.4 Å². The molecule has 3 amide bonds. The third-order valence-electron chi connectivity index (χ3n) is 3.59. The van der Waals surface area contributed by atoms with E-state index in [1.54, 1.807) is 4.90 Å². The lowest BCUT2D eigenvalue weighted by molar-refractivity contribution is -0.127. The van der Waals surface area contributed by atoms with Gasteiger partial charge in [-0.25, -0.2) is 4.79 Å². The van der Waals surface area contributed by atoms with Crippen LogP contribution in [0, 0.1) is 6.92 Å². The Morgan fingerprint density at radius 1 is 1.32 bits per heavy atom. The van der Waals surface area contributed by atoms with E-state index in [1.807, 2.05) is 48.7 Å². The van der Waals surface area contributed by atoms with Crippen LogP contribution in [0.2, 0.25) is 0 Å². The van der Waals surface area contributed by atoms with E-state index in [0.29, 0.717) is 13.1 Å². The van der Waals surface area contributed by atoms with Gasteiger partial charge in [0.15, 0.2) is 0 Å². The van der Waals surface area contributed by atoms with Gasteiger partial charge in [-0.2, -0.15) is 0 Å². The molecule has 2 aromatic rings. The fraction of sp³-hybridized carbons (Fsp3) is 0.250. The second-order valence-electron chi connectivity index (χ2n) is 5.20. The van der Waals surface area contributed by atoms with Crippen LogP contribution in [-0.4, -0.2) is 29.9 Å². The van der Waals surface area contributed by atoms with E-state index >= 15 is 0 Å². The zero-order valence-electron chi connectivity index (χ0n) is 12.2. The molecule has 1 aliphatic rings. The van der Waals surface area contributed by atoms with Crippen molar-refractivity contribution in [3.63, 3.8) is 0 Å². The maximum atomic E-state index is 12.5. The number of urea groups is 1. The number of carbonyl (C=O) groups excluding carboxylic acids is 2. The average molecular weight is 315 g/mol. The van der Waals surface area contributed by atoms with Crippen LogP contribution in [-0.2, 0) is 4.79 Å². The number of amides is 3. The molecule has 0 unspecified atom stereocenters. The number of benzene rings is 1. The van der Waals surface area contributed by atoms with Gasteiger partial charge in [0.25, 0.3) is 0 Å². The van der Waals surface area contributed by atoms with Gasteiger partial charge in [-0.1, -0.05) is 23.8 Å². The molecule has 1 fully saturated rings. The largest absolute Gasteiger partial charge is 0.352 e. The van der Waals surface area contributed by atoms with Crippen LogP contribution < -0.4 is 10.6 Å². The summed E-state index contributed by atoms with van der Waals surface area (Å²) in [5.74, 6) is -0.132. The Kier molecular flexibility index (Phi) is 4.11. The highest BCUT2D eigenvalue weighted by molar-refractivity contribution is 7.10. The molecule has 0 aliphatic carbocycles. The maximum absolute atomic E-state index is 12.5. The van der Waals surface area contributed by atoms with Gasteiger partial charge < -0.3 is 15.5 Å². The standard InChI is InChI=1S/C16H17N3O2S/c1-11-4-6-12(7-5-11)18-16(21)19-9-8-17-15(20)14(19)13-3-2-10-22-13/h2-7,10,14H,8-9H2,1H3,(H,17,20)(H,18,21)/t14-/m0/s1. The number of hydrogen-bond donors (Lipinski definition) is 2. The number of piperazine rings is 1. The summed E-state index contributed by atoms with van der Waals surface area (Å²) in [6.07, 6.45) is 0. The molecule has 0 bridgehead atoms. The van der Waals surface area contributed by atoms with Crippen LogP contribution in [0.4, 0.5) is 10.5 Å². The van der Waals surface area contributed by atoms with Gasteiger partial charge in [0.2, 0.25) is 5.91 Å². The fourth-order valence-corrected chi connectivity index (χ4v) is 3.28. The van der Waals surface area contributed by atoms with Crippen molar-refractivity contribution in [2.24, 2.45) is 0 Å². The van der Waals surface area contributed by atoms with Gasteiger partial charge in [-0.3, -0.25) is 4.79 Å². The first kappa shape index (κ1) is 14.6. The molecule has 114 valence electrons. The number of nitrogens with one attached hydrogen (secondary N) is 2. The Labute approximate surface area is 132 Å².